The second-order valence-corrected chi connectivity index (χ2v) is 7.01. The fourth-order valence-corrected chi connectivity index (χ4v) is 3.64. The molecule has 2 N–H and O–H groups in total. The second-order valence-electron chi connectivity index (χ2n) is 5.76. The largest absolute Gasteiger partial charge is 0.327 e. The lowest BCUT2D eigenvalue weighted by atomic mass is 9.87. The Kier molecular flexibility index (Phi) is 8.52. The Morgan fingerprint density at radius 3 is 2.00 bits per heavy atom. The molecule has 0 heterocycles. The maximum atomic E-state index is 6.25. The molecule has 2 atom stereocenters. The maximum absolute atomic E-state index is 6.25. The zero-order valence-electron chi connectivity index (χ0n) is 12.6. The lowest BCUT2D eigenvalue weighted by Gasteiger charge is -2.35. The SMILES string of the molecule is CCC(N)C(SCCN(CC)CC)C(C)(C)C. The van der Waals surface area contributed by atoms with Gasteiger partial charge in [-0.3, -0.25) is 0 Å². The van der Waals surface area contributed by atoms with Crippen molar-refractivity contribution in [3.05, 3.63) is 0 Å². The van der Waals surface area contributed by atoms with Gasteiger partial charge in [0, 0.05) is 23.6 Å². The van der Waals surface area contributed by atoms with E-state index in [1.54, 1.807) is 0 Å². The van der Waals surface area contributed by atoms with Crippen molar-refractivity contribution < 1.29 is 0 Å². The average Bonchev–Trinajstić information content (AvgIpc) is 2.27. The van der Waals surface area contributed by atoms with Gasteiger partial charge in [0.2, 0.25) is 0 Å². The van der Waals surface area contributed by atoms with E-state index in [1.165, 1.54) is 12.3 Å². The molecule has 0 saturated carbocycles. The van der Waals surface area contributed by atoms with Gasteiger partial charge in [0.15, 0.2) is 0 Å². The molecule has 3 heteroatoms. The quantitative estimate of drug-likeness (QED) is 0.726. The van der Waals surface area contributed by atoms with Gasteiger partial charge in [0.1, 0.15) is 0 Å². The van der Waals surface area contributed by atoms with Crippen LogP contribution in [0.3, 0.4) is 0 Å². The topological polar surface area (TPSA) is 29.3 Å². The van der Waals surface area contributed by atoms with Gasteiger partial charge in [-0.25, -0.2) is 0 Å². The van der Waals surface area contributed by atoms with Gasteiger partial charge in [-0.05, 0) is 24.9 Å². The highest BCUT2D eigenvalue weighted by atomic mass is 32.2. The maximum Gasteiger partial charge on any atom is 0.0247 e. The second kappa shape index (κ2) is 8.39. The lowest BCUT2D eigenvalue weighted by molar-refractivity contribution is 0.321. The monoisotopic (exact) mass is 260 g/mol. The van der Waals surface area contributed by atoms with Crippen LogP contribution in [0.15, 0.2) is 0 Å². The summed E-state index contributed by atoms with van der Waals surface area (Å²) in [6, 6.07) is 0.316. The van der Waals surface area contributed by atoms with Gasteiger partial charge >= 0.3 is 0 Å². The molecule has 2 nitrogen and oxygen atoms in total. The van der Waals surface area contributed by atoms with E-state index in [-0.39, 0.29) is 0 Å². The van der Waals surface area contributed by atoms with E-state index in [2.05, 4.69) is 58.2 Å². The summed E-state index contributed by atoms with van der Waals surface area (Å²) in [5, 5.41) is 0.558. The minimum absolute atomic E-state index is 0.295. The van der Waals surface area contributed by atoms with Crippen molar-refractivity contribution in [3.8, 4) is 0 Å². The van der Waals surface area contributed by atoms with Crippen LogP contribution in [0.5, 0.6) is 0 Å². The Labute approximate surface area is 113 Å². The third-order valence-electron chi connectivity index (χ3n) is 3.31. The molecule has 0 aliphatic carbocycles. The van der Waals surface area contributed by atoms with Crippen molar-refractivity contribution in [2.45, 2.75) is 59.3 Å². The van der Waals surface area contributed by atoms with Crippen molar-refractivity contribution in [3.63, 3.8) is 0 Å². The van der Waals surface area contributed by atoms with Gasteiger partial charge in [-0.1, -0.05) is 41.5 Å². The first kappa shape index (κ1) is 17.3. The summed E-state index contributed by atoms with van der Waals surface area (Å²) in [7, 11) is 0. The molecule has 0 aliphatic heterocycles. The van der Waals surface area contributed by atoms with Crippen LogP contribution in [0.1, 0.15) is 48.0 Å². The number of hydrogen-bond donors (Lipinski definition) is 1. The molecule has 0 aromatic rings. The highest BCUT2D eigenvalue weighted by molar-refractivity contribution is 8.00. The molecule has 0 rings (SSSR count). The number of rotatable bonds is 8. The summed E-state index contributed by atoms with van der Waals surface area (Å²) < 4.78 is 0. The van der Waals surface area contributed by atoms with Crippen molar-refractivity contribution in [1.82, 2.24) is 4.90 Å². The van der Waals surface area contributed by atoms with E-state index in [0.29, 0.717) is 16.7 Å². The van der Waals surface area contributed by atoms with Crippen LogP contribution in [0, 0.1) is 5.41 Å². The van der Waals surface area contributed by atoms with E-state index in [1.807, 2.05) is 0 Å². The Morgan fingerprint density at radius 1 is 1.12 bits per heavy atom. The summed E-state index contributed by atoms with van der Waals surface area (Å²) in [4.78, 5) is 2.48. The Morgan fingerprint density at radius 2 is 1.65 bits per heavy atom. The lowest BCUT2D eigenvalue weighted by Crippen LogP contribution is -2.41. The van der Waals surface area contributed by atoms with Crippen LogP contribution in [-0.2, 0) is 0 Å². The first-order chi connectivity index (χ1) is 7.86. The molecule has 0 fully saturated rings. The first-order valence-electron chi connectivity index (χ1n) is 6.96. The average molecular weight is 260 g/mol. The van der Waals surface area contributed by atoms with Crippen LogP contribution >= 0.6 is 11.8 Å². The third kappa shape index (κ3) is 6.68. The third-order valence-corrected chi connectivity index (χ3v) is 5.15. The molecule has 0 bridgehead atoms. The molecular weight excluding hydrogens is 228 g/mol. The Balaban J connectivity index is 4.18. The summed E-state index contributed by atoms with van der Waals surface area (Å²) in [5.41, 5.74) is 6.55. The fourth-order valence-electron chi connectivity index (χ4n) is 2.08. The van der Waals surface area contributed by atoms with Gasteiger partial charge < -0.3 is 10.6 Å². The molecule has 0 spiro atoms. The highest BCUT2D eigenvalue weighted by Gasteiger charge is 2.29. The molecule has 0 aliphatic rings. The normalized spacial score (nSPS) is 16.2. The van der Waals surface area contributed by atoms with Crippen molar-refractivity contribution in [2.24, 2.45) is 11.1 Å². The summed E-state index contributed by atoms with van der Waals surface area (Å²) >= 11 is 2.05. The standard InChI is InChI=1S/C14H32N2S/c1-7-12(15)13(14(4,5)6)17-11-10-16(8-2)9-3/h12-13H,7-11,15H2,1-6H3. The predicted octanol–water partition coefficient (Wildman–Crippen LogP) is 3.21. The summed E-state index contributed by atoms with van der Waals surface area (Å²) in [6.45, 7) is 17.0. The number of nitrogens with two attached hydrogens (primary N) is 1. The highest BCUT2D eigenvalue weighted by Crippen LogP contribution is 2.33. The van der Waals surface area contributed by atoms with Crippen LogP contribution in [-0.4, -0.2) is 41.6 Å². The molecule has 0 amide bonds. The fraction of sp³-hybridized carbons (Fsp3) is 1.00. The van der Waals surface area contributed by atoms with Gasteiger partial charge in [-0.2, -0.15) is 11.8 Å². The summed E-state index contributed by atoms with van der Waals surface area (Å²) in [6.07, 6.45) is 1.07. The van der Waals surface area contributed by atoms with E-state index < -0.39 is 0 Å². The molecular formula is C14H32N2S. The van der Waals surface area contributed by atoms with E-state index in [0.717, 1.165) is 19.5 Å². The first-order valence-corrected chi connectivity index (χ1v) is 8.01. The van der Waals surface area contributed by atoms with E-state index >= 15 is 0 Å². The number of nitrogens with zero attached hydrogens (tertiary/aromatic N) is 1. The molecule has 0 saturated heterocycles. The number of thioether (sulfide) groups is 1. The van der Waals surface area contributed by atoms with Crippen molar-refractivity contribution in [1.29, 1.82) is 0 Å². The zero-order valence-corrected chi connectivity index (χ0v) is 13.4. The van der Waals surface area contributed by atoms with Crippen LogP contribution in [0.4, 0.5) is 0 Å². The molecule has 2 unspecified atom stereocenters. The van der Waals surface area contributed by atoms with Crippen LogP contribution in [0.25, 0.3) is 0 Å². The molecule has 17 heavy (non-hydrogen) atoms. The van der Waals surface area contributed by atoms with E-state index in [4.69, 9.17) is 5.73 Å². The summed E-state index contributed by atoms with van der Waals surface area (Å²) in [5.74, 6) is 1.19. The Hall–Kier alpha value is 0.270. The van der Waals surface area contributed by atoms with E-state index in [9.17, 15) is 0 Å². The van der Waals surface area contributed by atoms with Crippen molar-refractivity contribution >= 4 is 11.8 Å². The van der Waals surface area contributed by atoms with Crippen LogP contribution in [0.2, 0.25) is 0 Å². The number of hydrogen-bond acceptors (Lipinski definition) is 3. The minimum Gasteiger partial charge on any atom is -0.327 e. The molecule has 0 aromatic heterocycles. The zero-order chi connectivity index (χ0) is 13.5. The minimum atomic E-state index is 0.295. The molecule has 0 aromatic carbocycles. The van der Waals surface area contributed by atoms with Gasteiger partial charge in [0.05, 0.1) is 0 Å². The molecule has 0 radical (unpaired) electrons. The predicted molar refractivity (Wildman–Crippen MR) is 81.8 cm³/mol. The molecule has 104 valence electrons. The van der Waals surface area contributed by atoms with Gasteiger partial charge in [0.25, 0.3) is 0 Å². The Bertz CT molecular complexity index is 185. The van der Waals surface area contributed by atoms with Crippen LogP contribution < -0.4 is 5.73 Å². The smallest absolute Gasteiger partial charge is 0.0247 e. The van der Waals surface area contributed by atoms with Crippen molar-refractivity contribution in [2.75, 3.05) is 25.4 Å². The van der Waals surface area contributed by atoms with Gasteiger partial charge in [-0.15, -0.1) is 0 Å².